The molecule has 0 spiro atoms. The van der Waals surface area contributed by atoms with Gasteiger partial charge in [-0.1, -0.05) is 39.0 Å². The first-order valence-corrected chi connectivity index (χ1v) is 6.22. The van der Waals surface area contributed by atoms with Crippen LogP contribution < -0.4 is 4.90 Å². The molecule has 0 saturated carbocycles. The number of carbonyl (C=O) groups excluding carboxylic acids is 1. The first-order chi connectivity index (χ1) is 8.66. The molecule has 1 aromatic rings. The third-order valence-electron chi connectivity index (χ3n) is 3.17. The van der Waals surface area contributed by atoms with Crippen LogP contribution in [0.25, 0.3) is 0 Å². The number of benzene rings is 1. The van der Waals surface area contributed by atoms with Crippen LogP contribution in [0, 0.1) is 18.3 Å². The fourth-order valence-electron chi connectivity index (χ4n) is 2.10. The van der Waals surface area contributed by atoms with Gasteiger partial charge in [0.2, 0.25) is 5.91 Å². The van der Waals surface area contributed by atoms with Gasteiger partial charge in [0, 0.05) is 12.7 Å². The number of carboxylic acid groups (broad SMARTS) is 1. The predicted molar refractivity (Wildman–Crippen MR) is 75.2 cm³/mol. The fourth-order valence-corrected chi connectivity index (χ4v) is 2.10. The molecule has 0 saturated heterocycles. The van der Waals surface area contributed by atoms with Gasteiger partial charge in [0.25, 0.3) is 0 Å². The van der Waals surface area contributed by atoms with Crippen molar-refractivity contribution in [2.24, 2.45) is 11.3 Å². The van der Waals surface area contributed by atoms with Gasteiger partial charge in [-0.2, -0.15) is 0 Å². The lowest BCUT2D eigenvalue weighted by atomic mass is 9.80. The molecule has 0 fully saturated rings. The van der Waals surface area contributed by atoms with Crippen molar-refractivity contribution in [1.82, 2.24) is 0 Å². The lowest BCUT2D eigenvalue weighted by molar-refractivity contribution is -0.150. The minimum Gasteiger partial charge on any atom is -0.481 e. The van der Waals surface area contributed by atoms with E-state index in [1.165, 1.54) is 4.90 Å². The van der Waals surface area contributed by atoms with Gasteiger partial charge in [-0.25, -0.2) is 0 Å². The minimum absolute atomic E-state index is 0.394. The second kappa shape index (κ2) is 5.43. The molecule has 1 rings (SSSR count). The van der Waals surface area contributed by atoms with Crippen molar-refractivity contribution in [1.29, 1.82) is 0 Å². The van der Waals surface area contributed by atoms with E-state index in [1.54, 1.807) is 27.8 Å². The van der Waals surface area contributed by atoms with Gasteiger partial charge in [-0.05, 0) is 24.0 Å². The molecule has 0 radical (unpaired) electrons. The zero-order valence-corrected chi connectivity index (χ0v) is 12.1. The summed E-state index contributed by atoms with van der Waals surface area (Å²) in [5.41, 5.74) is 1.05. The fraction of sp³-hybridized carbons (Fsp3) is 0.467. The Morgan fingerprint density at radius 3 is 2.16 bits per heavy atom. The van der Waals surface area contributed by atoms with Gasteiger partial charge in [-0.3, -0.25) is 9.59 Å². The summed E-state index contributed by atoms with van der Waals surface area (Å²) in [6.07, 6.45) is 0. The second-order valence-electron chi connectivity index (χ2n) is 5.82. The van der Waals surface area contributed by atoms with Crippen molar-refractivity contribution in [3.05, 3.63) is 29.8 Å². The van der Waals surface area contributed by atoms with Crippen LogP contribution >= 0.6 is 0 Å². The number of rotatable bonds is 3. The van der Waals surface area contributed by atoms with Crippen LogP contribution in [-0.4, -0.2) is 24.0 Å². The van der Waals surface area contributed by atoms with Gasteiger partial charge >= 0.3 is 5.97 Å². The lowest BCUT2D eigenvalue weighted by Crippen LogP contribution is -2.43. The van der Waals surface area contributed by atoms with Crippen LogP contribution in [0.1, 0.15) is 26.3 Å². The summed E-state index contributed by atoms with van der Waals surface area (Å²) in [5, 5.41) is 9.30. The highest BCUT2D eigenvalue weighted by Crippen LogP contribution is 2.30. The van der Waals surface area contributed by atoms with E-state index in [0.29, 0.717) is 0 Å². The third kappa shape index (κ3) is 3.34. The van der Waals surface area contributed by atoms with E-state index >= 15 is 0 Å². The molecule has 104 valence electrons. The van der Waals surface area contributed by atoms with Crippen molar-refractivity contribution in [2.75, 3.05) is 11.9 Å². The molecule has 4 heteroatoms. The Hall–Kier alpha value is -1.84. The third-order valence-corrected chi connectivity index (χ3v) is 3.17. The van der Waals surface area contributed by atoms with E-state index in [1.807, 2.05) is 31.2 Å². The number of hydrogen-bond donors (Lipinski definition) is 1. The number of aryl methyl sites for hydroxylation is 1. The first-order valence-electron chi connectivity index (χ1n) is 6.22. The zero-order valence-electron chi connectivity index (χ0n) is 12.1. The van der Waals surface area contributed by atoms with Crippen LogP contribution in [0.2, 0.25) is 0 Å². The van der Waals surface area contributed by atoms with Crippen LogP contribution in [-0.2, 0) is 9.59 Å². The van der Waals surface area contributed by atoms with Gasteiger partial charge in [0.15, 0.2) is 0 Å². The number of carboxylic acids is 1. The molecule has 0 heterocycles. The lowest BCUT2D eigenvalue weighted by Gasteiger charge is -2.30. The molecular weight excluding hydrogens is 242 g/mol. The molecule has 1 unspecified atom stereocenters. The maximum absolute atomic E-state index is 12.4. The van der Waals surface area contributed by atoms with Crippen molar-refractivity contribution >= 4 is 17.6 Å². The maximum atomic E-state index is 12.4. The molecule has 1 amide bonds. The SMILES string of the molecule is Cc1ccccc1N(C)C(=O)C(C(=O)O)C(C)(C)C. The number of hydrogen-bond acceptors (Lipinski definition) is 2. The van der Waals surface area contributed by atoms with Crippen LogP contribution in [0.5, 0.6) is 0 Å². The van der Waals surface area contributed by atoms with E-state index in [-0.39, 0.29) is 0 Å². The normalized spacial score (nSPS) is 12.9. The van der Waals surface area contributed by atoms with Gasteiger partial charge < -0.3 is 10.0 Å². The Bertz CT molecular complexity index is 488. The number of anilines is 1. The quantitative estimate of drug-likeness (QED) is 0.853. The highest BCUT2D eigenvalue weighted by molar-refractivity contribution is 6.06. The van der Waals surface area contributed by atoms with Gasteiger partial charge in [0.05, 0.1) is 0 Å². The topological polar surface area (TPSA) is 57.6 Å². The van der Waals surface area contributed by atoms with Crippen LogP contribution in [0.4, 0.5) is 5.69 Å². The molecule has 1 N–H and O–H groups in total. The first kappa shape index (κ1) is 15.2. The highest BCUT2D eigenvalue weighted by atomic mass is 16.4. The molecule has 4 nitrogen and oxygen atoms in total. The summed E-state index contributed by atoms with van der Waals surface area (Å²) < 4.78 is 0. The van der Waals surface area contributed by atoms with E-state index in [9.17, 15) is 14.7 Å². The molecule has 19 heavy (non-hydrogen) atoms. The second-order valence-corrected chi connectivity index (χ2v) is 5.82. The summed E-state index contributed by atoms with van der Waals surface area (Å²) in [5.74, 6) is -2.54. The maximum Gasteiger partial charge on any atom is 0.316 e. The zero-order chi connectivity index (χ0) is 14.8. The van der Waals surface area contributed by atoms with Gasteiger partial charge in [0.1, 0.15) is 5.92 Å². The van der Waals surface area contributed by atoms with E-state index in [2.05, 4.69) is 0 Å². The Kier molecular flexibility index (Phi) is 4.35. The molecule has 0 aliphatic carbocycles. The van der Waals surface area contributed by atoms with E-state index in [0.717, 1.165) is 11.3 Å². The van der Waals surface area contributed by atoms with Gasteiger partial charge in [-0.15, -0.1) is 0 Å². The molecule has 1 aromatic carbocycles. The highest BCUT2D eigenvalue weighted by Gasteiger charge is 2.39. The van der Waals surface area contributed by atoms with Crippen molar-refractivity contribution in [3.8, 4) is 0 Å². The number of amides is 1. The van der Waals surface area contributed by atoms with Crippen LogP contribution in [0.3, 0.4) is 0 Å². The number of aliphatic carboxylic acids is 1. The summed E-state index contributed by atoms with van der Waals surface area (Å²) in [6.45, 7) is 7.17. The molecule has 0 aliphatic rings. The monoisotopic (exact) mass is 263 g/mol. The molecular formula is C15H21NO3. The van der Waals surface area contributed by atoms with Crippen molar-refractivity contribution < 1.29 is 14.7 Å². The molecule has 0 bridgehead atoms. The van der Waals surface area contributed by atoms with Crippen molar-refractivity contribution in [2.45, 2.75) is 27.7 Å². The van der Waals surface area contributed by atoms with Crippen LogP contribution in [0.15, 0.2) is 24.3 Å². The summed E-state index contributed by atoms with van der Waals surface area (Å²) in [6, 6.07) is 7.43. The van der Waals surface area contributed by atoms with E-state index in [4.69, 9.17) is 0 Å². The summed E-state index contributed by atoms with van der Waals surface area (Å²) in [7, 11) is 1.62. The smallest absolute Gasteiger partial charge is 0.316 e. The average molecular weight is 263 g/mol. The summed E-state index contributed by atoms with van der Waals surface area (Å²) in [4.78, 5) is 25.2. The molecule has 1 atom stereocenters. The average Bonchev–Trinajstić information content (AvgIpc) is 2.26. The predicted octanol–water partition coefficient (Wildman–Crippen LogP) is 2.70. The van der Waals surface area contributed by atoms with E-state index < -0.39 is 23.2 Å². The number of carbonyl (C=O) groups is 2. The largest absolute Gasteiger partial charge is 0.481 e. The Labute approximate surface area is 114 Å². The minimum atomic E-state index is -1.09. The Morgan fingerprint density at radius 1 is 1.21 bits per heavy atom. The standard InChI is InChI=1S/C15H21NO3/c1-10-8-6-7-9-11(10)16(5)13(17)12(14(18)19)15(2,3)4/h6-9,12H,1-5H3,(H,18,19). The molecule has 0 aromatic heterocycles. The number of nitrogens with zero attached hydrogens (tertiary/aromatic N) is 1. The Balaban J connectivity index is 3.12. The summed E-state index contributed by atoms with van der Waals surface area (Å²) >= 11 is 0. The van der Waals surface area contributed by atoms with Crippen molar-refractivity contribution in [3.63, 3.8) is 0 Å². The Morgan fingerprint density at radius 2 is 1.74 bits per heavy atom. The molecule has 0 aliphatic heterocycles. The number of para-hydroxylation sites is 1.